The lowest BCUT2D eigenvalue weighted by Crippen LogP contribution is -2.37. The van der Waals surface area contributed by atoms with E-state index in [0.717, 1.165) is 26.2 Å². The molecule has 1 aliphatic heterocycles. The third-order valence-electron chi connectivity index (χ3n) is 2.78. The van der Waals surface area contributed by atoms with Crippen molar-refractivity contribution in [2.24, 2.45) is 5.92 Å². The maximum Gasteiger partial charge on any atom is 0.309 e. The predicted molar refractivity (Wildman–Crippen MR) is 57.7 cm³/mol. The first kappa shape index (κ1) is 12.5. The van der Waals surface area contributed by atoms with Crippen molar-refractivity contribution in [2.75, 3.05) is 33.4 Å². The van der Waals surface area contributed by atoms with Crippen LogP contribution in [-0.4, -0.2) is 50.3 Å². The average molecular weight is 215 g/mol. The zero-order valence-electron chi connectivity index (χ0n) is 9.86. The van der Waals surface area contributed by atoms with Crippen LogP contribution in [0.4, 0.5) is 0 Å². The van der Waals surface area contributed by atoms with E-state index in [1.54, 1.807) is 0 Å². The average Bonchev–Trinajstić information content (AvgIpc) is 2.70. The van der Waals surface area contributed by atoms with Gasteiger partial charge in [0.1, 0.15) is 0 Å². The maximum absolute atomic E-state index is 11.4. The summed E-state index contributed by atoms with van der Waals surface area (Å²) < 4.78 is 10.3. The van der Waals surface area contributed by atoms with Gasteiger partial charge in [-0.15, -0.1) is 0 Å². The maximum atomic E-state index is 11.4. The second-order valence-electron chi connectivity index (χ2n) is 4.11. The fraction of sp³-hybridized carbons (Fsp3) is 0.909. The van der Waals surface area contributed by atoms with Crippen LogP contribution < -0.4 is 0 Å². The van der Waals surface area contributed by atoms with Crippen molar-refractivity contribution in [2.45, 2.75) is 26.3 Å². The Labute approximate surface area is 91.5 Å². The Bertz CT molecular complexity index is 202. The second kappa shape index (κ2) is 6.08. The summed E-state index contributed by atoms with van der Waals surface area (Å²) in [5.74, 6) is -0.168. The molecule has 0 aromatic rings. The summed E-state index contributed by atoms with van der Waals surface area (Å²) in [6.45, 7) is 6.56. The number of rotatable bonds is 5. The van der Waals surface area contributed by atoms with Gasteiger partial charge in [0.2, 0.25) is 0 Å². The minimum absolute atomic E-state index is 0.0597. The van der Waals surface area contributed by atoms with Gasteiger partial charge in [-0.1, -0.05) is 6.92 Å². The molecule has 0 bridgehead atoms. The van der Waals surface area contributed by atoms with Crippen LogP contribution in [-0.2, 0) is 14.3 Å². The van der Waals surface area contributed by atoms with Crippen LogP contribution in [0.5, 0.6) is 0 Å². The molecule has 15 heavy (non-hydrogen) atoms. The van der Waals surface area contributed by atoms with Crippen molar-refractivity contribution < 1.29 is 14.3 Å². The molecule has 2 atom stereocenters. The van der Waals surface area contributed by atoms with Crippen LogP contribution >= 0.6 is 0 Å². The van der Waals surface area contributed by atoms with E-state index in [2.05, 4.69) is 4.90 Å². The Kier molecular flexibility index (Phi) is 5.05. The molecular weight excluding hydrogens is 194 g/mol. The standard InChI is InChI=1S/C11H21NO3/c1-4-15-11(13)9(2)7-12(3)10-5-6-14-8-10/h9-10H,4-8H2,1-3H3. The number of ether oxygens (including phenoxy) is 2. The molecule has 1 aliphatic rings. The zero-order valence-corrected chi connectivity index (χ0v) is 9.86. The third kappa shape index (κ3) is 3.80. The van der Waals surface area contributed by atoms with E-state index < -0.39 is 0 Å². The molecule has 1 fully saturated rings. The van der Waals surface area contributed by atoms with Gasteiger partial charge in [0, 0.05) is 19.2 Å². The van der Waals surface area contributed by atoms with Crippen molar-refractivity contribution in [1.82, 2.24) is 4.90 Å². The Morgan fingerprint density at radius 3 is 2.93 bits per heavy atom. The Morgan fingerprint density at radius 2 is 2.40 bits per heavy atom. The van der Waals surface area contributed by atoms with Crippen LogP contribution in [0, 0.1) is 5.92 Å². The molecule has 0 aromatic carbocycles. The lowest BCUT2D eigenvalue weighted by molar-refractivity contribution is -0.148. The van der Waals surface area contributed by atoms with E-state index >= 15 is 0 Å². The van der Waals surface area contributed by atoms with Gasteiger partial charge in [-0.3, -0.25) is 4.79 Å². The summed E-state index contributed by atoms with van der Waals surface area (Å²) in [5.41, 5.74) is 0. The van der Waals surface area contributed by atoms with Crippen molar-refractivity contribution in [1.29, 1.82) is 0 Å². The summed E-state index contributed by atoms with van der Waals surface area (Å²) in [4.78, 5) is 13.6. The molecule has 1 rings (SSSR count). The highest BCUT2D eigenvalue weighted by Crippen LogP contribution is 2.12. The number of hydrogen-bond acceptors (Lipinski definition) is 4. The largest absolute Gasteiger partial charge is 0.466 e. The van der Waals surface area contributed by atoms with Crippen molar-refractivity contribution >= 4 is 5.97 Å². The lowest BCUT2D eigenvalue weighted by atomic mass is 10.1. The molecule has 0 spiro atoms. The molecule has 1 heterocycles. The van der Waals surface area contributed by atoms with Gasteiger partial charge in [-0.25, -0.2) is 0 Å². The molecule has 2 unspecified atom stereocenters. The van der Waals surface area contributed by atoms with E-state index in [1.165, 1.54) is 0 Å². The third-order valence-corrected chi connectivity index (χ3v) is 2.78. The van der Waals surface area contributed by atoms with Crippen molar-refractivity contribution in [3.05, 3.63) is 0 Å². The molecule has 1 saturated heterocycles. The molecule has 4 heteroatoms. The van der Waals surface area contributed by atoms with Crippen LogP contribution in [0.2, 0.25) is 0 Å². The number of hydrogen-bond donors (Lipinski definition) is 0. The minimum Gasteiger partial charge on any atom is -0.466 e. The number of carbonyl (C=O) groups excluding carboxylic acids is 1. The van der Waals surface area contributed by atoms with E-state index in [-0.39, 0.29) is 11.9 Å². The zero-order chi connectivity index (χ0) is 11.3. The molecular formula is C11H21NO3. The van der Waals surface area contributed by atoms with Crippen LogP contribution in [0.1, 0.15) is 20.3 Å². The SMILES string of the molecule is CCOC(=O)C(C)CN(C)C1CCOC1. The van der Waals surface area contributed by atoms with Gasteiger partial charge in [0.15, 0.2) is 0 Å². The Balaban J connectivity index is 2.29. The summed E-state index contributed by atoms with van der Waals surface area (Å²) in [5, 5.41) is 0. The fourth-order valence-electron chi connectivity index (χ4n) is 1.81. The number of esters is 1. The first-order valence-corrected chi connectivity index (χ1v) is 5.59. The van der Waals surface area contributed by atoms with Gasteiger partial charge in [0.05, 0.1) is 19.1 Å². The van der Waals surface area contributed by atoms with Gasteiger partial charge in [0.25, 0.3) is 0 Å². The minimum atomic E-state index is -0.108. The monoisotopic (exact) mass is 215 g/mol. The summed E-state index contributed by atoms with van der Waals surface area (Å²) in [6.07, 6.45) is 1.06. The molecule has 0 amide bonds. The molecule has 4 nitrogen and oxygen atoms in total. The summed E-state index contributed by atoms with van der Waals surface area (Å²) >= 11 is 0. The molecule has 88 valence electrons. The number of nitrogens with zero attached hydrogens (tertiary/aromatic N) is 1. The highest BCUT2D eigenvalue weighted by molar-refractivity contribution is 5.72. The molecule has 0 saturated carbocycles. The Morgan fingerprint density at radius 1 is 1.67 bits per heavy atom. The molecule has 0 aromatic heterocycles. The van der Waals surface area contributed by atoms with E-state index in [1.807, 2.05) is 20.9 Å². The second-order valence-corrected chi connectivity index (χ2v) is 4.11. The quantitative estimate of drug-likeness (QED) is 0.639. The highest BCUT2D eigenvalue weighted by Gasteiger charge is 2.24. The fourth-order valence-corrected chi connectivity index (χ4v) is 1.81. The van der Waals surface area contributed by atoms with Gasteiger partial charge in [-0.2, -0.15) is 0 Å². The van der Waals surface area contributed by atoms with E-state index in [4.69, 9.17) is 9.47 Å². The smallest absolute Gasteiger partial charge is 0.309 e. The van der Waals surface area contributed by atoms with E-state index in [0.29, 0.717) is 12.6 Å². The van der Waals surface area contributed by atoms with Gasteiger partial charge < -0.3 is 14.4 Å². The molecule has 0 N–H and O–H groups in total. The summed E-state index contributed by atoms with van der Waals surface area (Å²) in [6, 6.07) is 0.460. The first-order valence-electron chi connectivity index (χ1n) is 5.59. The van der Waals surface area contributed by atoms with Crippen molar-refractivity contribution in [3.63, 3.8) is 0 Å². The van der Waals surface area contributed by atoms with Gasteiger partial charge in [-0.05, 0) is 20.4 Å². The molecule has 0 radical (unpaired) electrons. The topological polar surface area (TPSA) is 38.8 Å². The van der Waals surface area contributed by atoms with Crippen LogP contribution in [0.15, 0.2) is 0 Å². The highest BCUT2D eigenvalue weighted by atomic mass is 16.5. The van der Waals surface area contributed by atoms with E-state index in [9.17, 15) is 4.79 Å². The first-order chi connectivity index (χ1) is 7.15. The van der Waals surface area contributed by atoms with Crippen molar-refractivity contribution in [3.8, 4) is 0 Å². The summed E-state index contributed by atoms with van der Waals surface area (Å²) in [7, 11) is 2.04. The van der Waals surface area contributed by atoms with Crippen LogP contribution in [0.25, 0.3) is 0 Å². The number of likely N-dealkylation sites (N-methyl/N-ethyl adjacent to an activating group) is 1. The normalized spacial score (nSPS) is 23.1. The Hall–Kier alpha value is -0.610. The number of carbonyl (C=O) groups is 1. The lowest BCUT2D eigenvalue weighted by Gasteiger charge is -2.25. The van der Waals surface area contributed by atoms with Crippen LogP contribution in [0.3, 0.4) is 0 Å². The predicted octanol–water partition coefficient (Wildman–Crippen LogP) is 0.906. The van der Waals surface area contributed by atoms with Gasteiger partial charge >= 0.3 is 5.97 Å². The molecule has 0 aliphatic carbocycles.